The van der Waals surface area contributed by atoms with E-state index in [2.05, 4.69) is 14.7 Å². The third kappa shape index (κ3) is 4.12. The Bertz CT molecular complexity index is 656. The fourth-order valence-electron chi connectivity index (χ4n) is 1.32. The summed E-state index contributed by atoms with van der Waals surface area (Å²) in [6, 6.07) is 3.65. The summed E-state index contributed by atoms with van der Waals surface area (Å²) >= 11 is 12.7. The summed E-state index contributed by atoms with van der Waals surface area (Å²) in [5.41, 5.74) is 0. The second-order valence-electron chi connectivity index (χ2n) is 3.54. The number of hydrogen-bond acceptors (Lipinski definition) is 5. The number of nitrogens with one attached hydrogen (secondary N) is 1. The van der Waals surface area contributed by atoms with Gasteiger partial charge in [-0.25, -0.2) is 23.1 Å². The van der Waals surface area contributed by atoms with E-state index in [-0.39, 0.29) is 16.7 Å². The van der Waals surface area contributed by atoms with Crippen LogP contribution in [-0.2, 0) is 16.4 Å². The number of rotatable bonds is 5. The van der Waals surface area contributed by atoms with Crippen LogP contribution < -0.4 is 4.72 Å². The van der Waals surface area contributed by atoms with Gasteiger partial charge in [0.25, 0.3) is 0 Å². The molecular formula is C10H9Cl2N3O2S2. The first-order chi connectivity index (χ1) is 8.97. The molecule has 2 rings (SSSR count). The highest BCUT2D eigenvalue weighted by Gasteiger charge is 2.14. The molecule has 19 heavy (non-hydrogen) atoms. The largest absolute Gasteiger partial charge is 0.243 e. The molecule has 2 aromatic heterocycles. The van der Waals surface area contributed by atoms with Gasteiger partial charge in [0, 0.05) is 11.4 Å². The molecular weight excluding hydrogens is 329 g/mol. The summed E-state index contributed by atoms with van der Waals surface area (Å²) in [6.45, 7) is 0.280. The molecule has 0 saturated carbocycles. The van der Waals surface area contributed by atoms with Gasteiger partial charge in [-0.1, -0.05) is 11.6 Å². The van der Waals surface area contributed by atoms with E-state index in [1.54, 1.807) is 6.07 Å². The van der Waals surface area contributed by atoms with Crippen LogP contribution >= 0.6 is 34.5 Å². The quantitative estimate of drug-likeness (QED) is 0.850. The van der Waals surface area contributed by atoms with Gasteiger partial charge in [0.05, 0.1) is 16.7 Å². The first-order valence-corrected chi connectivity index (χ1v) is 8.24. The third-order valence-corrected chi connectivity index (χ3v) is 5.10. The monoisotopic (exact) mass is 337 g/mol. The van der Waals surface area contributed by atoms with E-state index in [1.807, 2.05) is 6.07 Å². The molecule has 2 heterocycles. The van der Waals surface area contributed by atoms with E-state index >= 15 is 0 Å². The lowest BCUT2D eigenvalue weighted by Crippen LogP contribution is -2.26. The molecule has 0 saturated heterocycles. The zero-order chi connectivity index (χ0) is 13.9. The average molecular weight is 338 g/mol. The van der Waals surface area contributed by atoms with Crippen molar-refractivity contribution in [3.63, 3.8) is 0 Å². The van der Waals surface area contributed by atoms with E-state index in [0.29, 0.717) is 10.8 Å². The number of aromatic nitrogens is 2. The van der Waals surface area contributed by atoms with Gasteiger partial charge in [-0.15, -0.1) is 11.3 Å². The number of halogens is 2. The molecule has 0 amide bonds. The van der Waals surface area contributed by atoms with Crippen LogP contribution in [0.3, 0.4) is 0 Å². The highest BCUT2D eigenvalue weighted by atomic mass is 35.5. The maximum Gasteiger partial charge on any atom is 0.243 e. The fourth-order valence-corrected chi connectivity index (χ4v) is 3.42. The van der Waals surface area contributed by atoms with Gasteiger partial charge in [0.1, 0.15) is 4.90 Å². The van der Waals surface area contributed by atoms with Crippen LogP contribution in [0.1, 0.15) is 4.88 Å². The second kappa shape index (κ2) is 6.15. The number of sulfonamides is 1. The molecule has 0 aliphatic heterocycles. The molecule has 2 aromatic rings. The van der Waals surface area contributed by atoms with Crippen LogP contribution in [0, 0.1) is 0 Å². The van der Waals surface area contributed by atoms with Crippen molar-refractivity contribution in [2.24, 2.45) is 0 Å². The normalized spacial score (nSPS) is 11.7. The molecule has 0 aromatic carbocycles. The smallest absolute Gasteiger partial charge is 0.225 e. The molecule has 0 aliphatic carbocycles. The number of nitrogens with zero attached hydrogens (tertiary/aromatic N) is 2. The molecule has 0 fully saturated rings. The molecule has 0 bridgehead atoms. The maximum atomic E-state index is 11.9. The molecule has 9 heteroatoms. The van der Waals surface area contributed by atoms with Gasteiger partial charge in [0.15, 0.2) is 0 Å². The summed E-state index contributed by atoms with van der Waals surface area (Å²) in [5.74, 6) is 0. The van der Waals surface area contributed by atoms with Crippen LogP contribution in [0.2, 0.25) is 9.62 Å². The van der Waals surface area contributed by atoms with Crippen LogP contribution in [0.15, 0.2) is 29.4 Å². The van der Waals surface area contributed by atoms with E-state index in [0.717, 1.165) is 4.88 Å². The molecule has 0 aliphatic rings. The predicted molar refractivity (Wildman–Crippen MR) is 75.3 cm³/mol. The zero-order valence-corrected chi connectivity index (χ0v) is 12.7. The standard InChI is InChI=1S/C10H9Cl2N3O2S2/c11-9-2-1-7(18-9)3-4-15-19(16,17)8-5-13-10(12)14-6-8/h1-2,5-6,15H,3-4H2. The molecule has 0 radical (unpaired) electrons. The lowest BCUT2D eigenvalue weighted by molar-refractivity contribution is 0.581. The summed E-state index contributed by atoms with van der Waals surface area (Å²) in [7, 11) is -3.60. The Hall–Kier alpha value is -0.730. The van der Waals surface area contributed by atoms with E-state index in [9.17, 15) is 8.42 Å². The average Bonchev–Trinajstić information content (AvgIpc) is 2.75. The zero-order valence-electron chi connectivity index (χ0n) is 9.51. The first-order valence-electron chi connectivity index (χ1n) is 5.19. The number of hydrogen-bond donors (Lipinski definition) is 1. The van der Waals surface area contributed by atoms with Crippen LogP contribution in [0.4, 0.5) is 0 Å². The van der Waals surface area contributed by atoms with Crippen molar-refractivity contribution in [1.82, 2.24) is 14.7 Å². The van der Waals surface area contributed by atoms with Crippen molar-refractivity contribution < 1.29 is 8.42 Å². The Balaban J connectivity index is 1.96. The van der Waals surface area contributed by atoms with Gasteiger partial charge >= 0.3 is 0 Å². The van der Waals surface area contributed by atoms with Gasteiger partial charge in [0.2, 0.25) is 15.3 Å². The van der Waals surface area contributed by atoms with Crippen molar-refractivity contribution in [2.75, 3.05) is 6.54 Å². The van der Waals surface area contributed by atoms with Gasteiger partial charge in [-0.3, -0.25) is 0 Å². The summed E-state index contributed by atoms with van der Waals surface area (Å²) < 4.78 is 26.9. The Labute approximate surface area is 124 Å². The molecule has 0 unspecified atom stereocenters. The Morgan fingerprint density at radius 3 is 2.47 bits per heavy atom. The van der Waals surface area contributed by atoms with Gasteiger partial charge in [-0.2, -0.15) is 0 Å². The Morgan fingerprint density at radius 1 is 1.21 bits per heavy atom. The molecule has 102 valence electrons. The van der Waals surface area contributed by atoms with E-state index < -0.39 is 10.0 Å². The van der Waals surface area contributed by atoms with Gasteiger partial charge in [-0.05, 0) is 30.2 Å². The summed E-state index contributed by atoms with van der Waals surface area (Å²) in [5, 5.41) is 0.00665. The van der Waals surface area contributed by atoms with Crippen molar-refractivity contribution in [2.45, 2.75) is 11.3 Å². The third-order valence-electron chi connectivity index (χ3n) is 2.20. The minimum atomic E-state index is -3.60. The van der Waals surface area contributed by atoms with Crippen molar-refractivity contribution in [3.8, 4) is 0 Å². The lowest BCUT2D eigenvalue weighted by Gasteiger charge is -2.05. The number of thiophene rings is 1. The molecule has 0 atom stereocenters. The minimum Gasteiger partial charge on any atom is -0.225 e. The van der Waals surface area contributed by atoms with E-state index in [1.165, 1.54) is 23.7 Å². The maximum absolute atomic E-state index is 11.9. The molecule has 5 nitrogen and oxygen atoms in total. The van der Waals surface area contributed by atoms with Crippen LogP contribution in [-0.4, -0.2) is 24.9 Å². The van der Waals surface area contributed by atoms with Crippen LogP contribution in [0.5, 0.6) is 0 Å². The lowest BCUT2D eigenvalue weighted by atomic mass is 10.3. The first kappa shape index (κ1) is 14.7. The summed E-state index contributed by atoms with van der Waals surface area (Å²) in [6.07, 6.45) is 2.91. The predicted octanol–water partition coefficient (Wildman–Crippen LogP) is 2.37. The summed E-state index contributed by atoms with van der Waals surface area (Å²) in [4.78, 5) is 8.27. The van der Waals surface area contributed by atoms with Crippen molar-refractivity contribution >= 4 is 44.6 Å². The van der Waals surface area contributed by atoms with Crippen molar-refractivity contribution in [1.29, 1.82) is 0 Å². The molecule has 1 N–H and O–H groups in total. The fraction of sp³-hybridized carbons (Fsp3) is 0.200. The van der Waals surface area contributed by atoms with E-state index in [4.69, 9.17) is 23.2 Å². The Kier molecular flexibility index (Phi) is 4.75. The highest BCUT2D eigenvalue weighted by Crippen LogP contribution is 2.21. The Morgan fingerprint density at radius 2 is 1.89 bits per heavy atom. The van der Waals surface area contributed by atoms with Gasteiger partial charge < -0.3 is 0 Å². The SMILES string of the molecule is O=S(=O)(NCCc1ccc(Cl)s1)c1cnc(Cl)nc1. The van der Waals surface area contributed by atoms with Crippen LogP contribution in [0.25, 0.3) is 0 Å². The highest BCUT2D eigenvalue weighted by molar-refractivity contribution is 7.89. The van der Waals surface area contributed by atoms with Crippen molar-refractivity contribution in [3.05, 3.63) is 39.0 Å². The minimum absolute atomic E-state index is 0.00665. The topological polar surface area (TPSA) is 72.0 Å². The second-order valence-corrected chi connectivity index (χ2v) is 7.45. The molecule has 0 spiro atoms.